The lowest BCUT2D eigenvalue weighted by molar-refractivity contribution is -0.114. The van der Waals surface area contributed by atoms with Crippen LogP contribution in [0.15, 0.2) is 70.9 Å². The van der Waals surface area contributed by atoms with Crippen molar-refractivity contribution in [1.82, 2.24) is 9.21 Å². The highest BCUT2D eigenvalue weighted by atomic mass is 32.2. The number of carbonyl (C=O) groups is 2. The Kier molecular flexibility index (Phi) is 7.34. The van der Waals surface area contributed by atoms with Gasteiger partial charge in [0.1, 0.15) is 0 Å². The third-order valence-corrected chi connectivity index (χ3v) is 9.45. The maximum Gasteiger partial charge on any atom is 0.300 e. The highest BCUT2D eigenvalue weighted by molar-refractivity contribution is 7.89. The van der Waals surface area contributed by atoms with E-state index in [0.717, 1.165) is 36.1 Å². The van der Waals surface area contributed by atoms with Crippen molar-refractivity contribution in [1.29, 1.82) is 0 Å². The Morgan fingerprint density at radius 1 is 0.861 bits per heavy atom. The number of anilines is 1. The molecule has 2 aromatic carbocycles. The molecule has 0 N–H and O–H groups in total. The first kappa shape index (κ1) is 24.8. The van der Waals surface area contributed by atoms with Gasteiger partial charge in [0.2, 0.25) is 10.0 Å². The van der Waals surface area contributed by atoms with Gasteiger partial charge in [-0.15, -0.1) is 11.3 Å². The summed E-state index contributed by atoms with van der Waals surface area (Å²) in [6.07, 6.45) is 3.69. The largest absolute Gasteiger partial charge is 0.300 e. The number of rotatable bonds is 8. The Bertz CT molecular complexity index is 1330. The molecule has 1 aromatic heterocycles. The minimum atomic E-state index is -3.72. The average Bonchev–Trinajstić information content (AvgIpc) is 3.34. The molecule has 7 nitrogen and oxygen atoms in total. The summed E-state index contributed by atoms with van der Waals surface area (Å²) in [5.41, 5.74) is 1.72. The van der Waals surface area contributed by atoms with E-state index >= 15 is 0 Å². The molecule has 9 heteroatoms. The van der Waals surface area contributed by atoms with Gasteiger partial charge in [-0.05, 0) is 48.1 Å². The van der Waals surface area contributed by atoms with Gasteiger partial charge in [0.05, 0.1) is 22.8 Å². The molecule has 36 heavy (non-hydrogen) atoms. The number of hydrogen-bond donors (Lipinski definition) is 0. The second-order valence-electron chi connectivity index (χ2n) is 9.25. The normalized spacial score (nSPS) is 17.0. The van der Waals surface area contributed by atoms with Crippen LogP contribution in [0.4, 0.5) is 5.69 Å². The molecule has 0 unspecified atom stereocenters. The van der Waals surface area contributed by atoms with Gasteiger partial charge in [-0.25, -0.2) is 8.42 Å². The Labute approximate surface area is 216 Å². The van der Waals surface area contributed by atoms with Crippen molar-refractivity contribution >= 4 is 38.7 Å². The van der Waals surface area contributed by atoms with Crippen LogP contribution < -0.4 is 4.90 Å². The molecule has 188 valence electrons. The monoisotopic (exact) mass is 523 g/mol. The first-order chi connectivity index (χ1) is 17.4. The Hall–Kier alpha value is -2.85. The molecule has 0 spiro atoms. The standard InChI is InChI=1S/C27H29N3O4S2/c31-26-24-17-23(36(33,34)29-14-6-1-2-7-15-29)12-13-25(24)30(27(26)32)20-28(19-22-11-8-16-35-22)18-21-9-4-3-5-10-21/h3-5,8-13,16-17H,1-2,6-7,14-15,18-20H2. The smallest absolute Gasteiger partial charge is 0.291 e. The fraction of sp³-hybridized carbons (Fsp3) is 0.333. The van der Waals surface area contributed by atoms with E-state index in [2.05, 4.69) is 4.90 Å². The number of Topliss-reactive ketones (excluding diaryl/α,β-unsaturated/α-hetero) is 1. The zero-order chi connectivity index (χ0) is 25.1. The van der Waals surface area contributed by atoms with E-state index in [-0.39, 0.29) is 17.1 Å². The number of fused-ring (bicyclic) bond motifs is 1. The fourth-order valence-electron chi connectivity index (χ4n) is 4.83. The fourth-order valence-corrected chi connectivity index (χ4v) is 7.12. The molecule has 0 saturated carbocycles. The third-order valence-electron chi connectivity index (χ3n) is 6.70. The van der Waals surface area contributed by atoms with Crippen molar-refractivity contribution in [3.63, 3.8) is 0 Å². The predicted molar refractivity (Wildman–Crippen MR) is 140 cm³/mol. The lowest BCUT2D eigenvalue weighted by Crippen LogP contribution is -2.40. The van der Waals surface area contributed by atoms with Gasteiger partial charge in [0, 0.05) is 31.1 Å². The van der Waals surface area contributed by atoms with Crippen LogP contribution in [0.3, 0.4) is 0 Å². The summed E-state index contributed by atoms with van der Waals surface area (Å²) in [6.45, 7) is 2.42. The van der Waals surface area contributed by atoms with Crippen LogP contribution in [-0.4, -0.2) is 49.1 Å². The summed E-state index contributed by atoms with van der Waals surface area (Å²) in [5, 5.41) is 2.02. The van der Waals surface area contributed by atoms with E-state index in [4.69, 9.17) is 0 Å². The second kappa shape index (κ2) is 10.6. The van der Waals surface area contributed by atoms with E-state index < -0.39 is 21.7 Å². The van der Waals surface area contributed by atoms with Gasteiger partial charge in [-0.2, -0.15) is 4.31 Å². The van der Waals surface area contributed by atoms with Crippen LogP contribution in [0.25, 0.3) is 0 Å². The van der Waals surface area contributed by atoms with Crippen molar-refractivity contribution in [2.24, 2.45) is 0 Å². The number of ketones is 1. The van der Waals surface area contributed by atoms with E-state index in [9.17, 15) is 18.0 Å². The van der Waals surface area contributed by atoms with Gasteiger partial charge >= 0.3 is 5.91 Å². The molecule has 3 aromatic rings. The maximum absolute atomic E-state index is 13.3. The number of benzene rings is 2. The van der Waals surface area contributed by atoms with Gasteiger partial charge in [-0.1, -0.05) is 49.2 Å². The molecule has 1 saturated heterocycles. The van der Waals surface area contributed by atoms with E-state index in [1.807, 2.05) is 47.8 Å². The predicted octanol–water partition coefficient (Wildman–Crippen LogP) is 4.50. The molecule has 0 radical (unpaired) electrons. The van der Waals surface area contributed by atoms with Crippen LogP contribution in [0.2, 0.25) is 0 Å². The van der Waals surface area contributed by atoms with Crippen molar-refractivity contribution in [3.05, 3.63) is 82.0 Å². The molecule has 0 aliphatic carbocycles. The molecule has 0 bridgehead atoms. The molecular weight excluding hydrogens is 494 g/mol. The third kappa shape index (κ3) is 5.15. The Morgan fingerprint density at radius 3 is 2.31 bits per heavy atom. The highest BCUT2D eigenvalue weighted by Gasteiger charge is 2.38. The molecule has 1 fully saturated rings. The zero-order valence-corrected chi connectivity index (χ0v) is 21.6. The van der Waals surface area contributed by atoms with Crippen molar-refractivity contribution < 1.29 is 18.0 Å². The first-order valence-electron chi connectivity index (χ1n) is 12.2. The first-order valence-corrected chi connectivity index (χ1v) is 14.5. The number of carbonyl (C=O) groups excluding carboxylic acids is 2. The summed E-state index contributed by atoms with van der Waals surface area (Å²) in [6, 6.07) is 18.5. The minimum Gasteiger partial charge on any atom is -0.291 e. The highest BCUT2D eigenvalue weighted by Crippen LogP contribution is 2.33. The zero-order valence-electron chi connectivity index (χ0n) is 20.0. The molecule has 0 atom stereocenters. The quantitative estimate of drug-likeness (QED) is 0.406. The summed E-state index contributed by atoms with van der Waals surface area (Å²) in [4.78, 5) is 30.8. The molecule has 5 rings (SSSR count). The van der Waals surface area contributed by atoms with Gasteiger partial charge in [0.25, 0.3) is 5.78 Å². The van der Waals surface area contributed by atoms with Crippen molar-refractivity contribution in [2.45, 2.75) is 43.7 Å². The average molecular weight is 524 g/mol. The van der Waals surface area contributed by atoms with Crippen LogP contribution in [0, 0.1) is 0 Å². The second-order valence-corrected chi connectivity index (χ2v) is 12.2. The van der Waals surface area contributed by atoms with Gasteiger partial charge < -0.3 is 0 Å². The summed E-state index contributed by atoms with van der Waals surface area (Å²) >= 11 is 1.64. The van der Waals surface area contributed by atoms with Crippen LogP contribution in [0.5, 0.6) is 0 Å². The van der Waals surface area contributed by atoms with E-state index in [1.54, 1.807) is 17.4 Å². The molecule has 2 aliphatic heterocycles. The minimum absolute atomic E-state index is 0.0749. The summed E-state index contributed by atoms with van der Waals surface area (Å²) < 4.78 is 28.1. The molecule has 3 heterocycles. The Balaban J connectivity index is 1.42. The van der Waals surface area contributed by atoms with Crippen LogP contribution in [-0.2, 0) is 27.9 Å². The number of hydrogen-bond acceptors (Lipinski definition) is 6. The number of amides is 1. The van der Waals surface area contributed by atoms with Crippen molar-refractivity contribution in [2.75, 3.05) is 24.7 Å². The van der Waals surface area contributed by atoms with Crippen LogP contribution >= 0.6 is 11.3 Å². The molecule has 1 amide bonds. The van der Waals surface area contributed by atoms with E-state index in [0.29, 0.717) is 31.9 Å². The maximum atomic E-state index is 13.3. The van der Waals surface area contributed by atoms with Gasteiger partial charge in [0.15, 0.2) is 0 Å². The summed E-state index contributed by atoms with van der Waals surface area (Å²) in [5.74, 6) is -1.28. The molecule has 2 aliphatic rings. The number of sulfonamides is 1. The van der Waals surface area contributed by atoms with Crippen molar-refractivity contribution in [3.8, 4) is 0 Å². The number of thiophene rings is 1. The lowest BCUT2D eigenvalue weighted by atomic mass is 10.1. The SMILES string of the molecule is O=C1C(=O)N(CN(Cc2ccccc2)Cc2cccs2)c2ccc(S(=O)(=O)N3CCCCCC3)cc21. The lowest BCUT2D eigenvalue weighted by Gasteiger charge is -2.28. The topological polar surface area (TPSA) is 78.0 Å². The van der Waals surface area contributed by atoms with Crippen LogP contribution in [0.1, 0.15) is 46.5 Å². The Morgan fingerprint density at radius 2 is 1.61 bits per heavy atom. The molecular formula is C27H29N3O4S2. The van der Waals surface area contributed by atoms with Gasteiger partial charge in [-0.3, -0.25) is 19.4 Å². The summed E-state index contributed by atoms with van der Waals surface area (Å²) in [7, 11) is -3.72. The number of nitrogens with zero attached hydrogens (tertiary/aromatic N) is 3. The van der Waals surface area contributed by atoms with E-state index in [1.165, 1.54) is 21.3 Å².